The van der Waals surface area contributed by atoms with E-state index in [9.17, 15) is 18.0 Å². The van der Waals surface area contributed by atoms with Crippen LogP contribution in [0.4, 0.5) is 18.9 Å². The van der Waals surface area contributed by atoms with Gasteiger partial charge < -0.3 is 5.32 Å². The Labute approximate surface area is 111 Å². The van der Waals surface area contributed by atoms with Crippen molar-refractivity contribution in [2.45, 2.75) is 0 Å². The Hall–Kier alpha value is -2.01. The van der Waals surface area contributed by atoms with Gasteiger partial charge in [0.2, 0.25) is 0 Å². The highest BCUT2D eigenvalue weighted by molar-refractivity contribution is 6.31. The molecule has 1 N–H and O–H groups in total. The molecule has 19 heavy (non-hydrogen) atoms. The smallest absolute Gasteiger partial charge is 0.261 e. The molecule has 2 nitrogen and oxygen atoms in total. The lowest BCUT2D eigenvalue weighted by molar-refractivity contribution is 0.101. The summed E-state index contributed by atoms with van der Waals surface area (Å²) in [6.07, 6.45) is 0. The van der Waals surface area contributed by atoms with Gasteiger partial charge >= 0.3 is 0 Å². The summed E-state index contributed by atoms with van der Waals surface area (Å²) in [5.41, 5.74) is -1.03. The summed E-state index contributed by atoms with van der Waals surface area (Å²) in [6, 6.07) is 6.92. The van der Waals surface area contributed by atoms with Crippen molar-refractivity contribution in [2.75, 3.05) is 5.32 Å². The molecule has 0 aromatic heterocycles. The third kappa shape index (κ3) is 2.71. The Morgan fingerprint density at radius 2 is 1.58 bits per heavy atom. The molecule has 2 aromatic rings. The molecule has 0 aliphatic heterocycles. The molecule has 0 spiro atoms. The lowest BCUT2D eigenvalue weighted by Crippen LogP contribution is -2.16. The van der Waals surface area contributed by atoms with Crippen molar-refractivity contribution in [1.82, 2.24) is 0 Å². The number of amides is 1. The van der Waals surface area contributed by atoms with E-state index in [0.717, 1.165) is 18.2 Å². The molecular formula is C13H7ClF3NO. The van der Waals surface area contributed by atoms with Gasteiger partial charge in [-0.1, -0.05) is 23.7 Å². The van der Waals surface area contributed by atoms with E-state index in [2.05, 4.69) is 5.32 Å². The molecule has 0 aliphatic carbocycles. The fraction of sp³-hybridized carbons (Fsp3) is 0. The van der Waals surface area contributed by atoms with Gasteiger partial charge in [-0.2, -0.15) is 0 Å². The molecular weight excluding hydrogens is 279 g/mol. The van der Waals surface area contributed by atoms with E-state index in [1.807, 2.05) is 0 Å². The van der Waals surface area contributed by atoms with Crippen LogP contribution in [-0.4, -0.2) is 5.91 Å². The summed E-state index contributed by atoms with van der Waals surface area (Å²) in [5.74, 6) is -4.01. The number of hydrogen-bond acceptors (Lipinski definition) is 1. The molecule has 0 radical (unpaired) electrons. The maximum Gasteiger partial charge on any atom is 0.261 e. The number of rotatable bonds is 2. The van der Waals surface area contributed by atoms with Crippen molar-refractivity contribution in [3.63, 3.8) is 0 Å². The molecule has 2 aromatic carbocycles. The zero-order chi connectivity index (χ0) is 14.0. The molecule has 0 aliphatic rings. The van der Waals surface area contributed by atoms with Gasteiger partial charge in [0, 0.05) is 0 Å². The minimum Gasteiger partial charge on any atom is -0.319 e. The molecule has 0 heterocycles. The highest BCUT2D eigenvalue weighted by Crippen LogP contribution is 2.23. The summed E-state index contributed by atoms with van der Waals surface area (Å²) in [6.45, 7) is 0. The first-order valence-electron chi connectivity index (χ1n) is 5.20. The van der Waals surface area contributed by atoms with Crippen molar-refractivity contribution in [2.24, 2.45) is 0 Å². The van der Waals surface area contributed by atoms with Crippen LogP contribution in [0.5, 0.6) is 0 Å². The average molecular weight is 286 g/mol. The van der Waals surface area contributed by atoms with Crippen LogP contribution in [0.1, 0.15) is 10.4 Å². The number of carbonyl (C=O) groups excluding carboxylic acids is 1. The van der Waals surface area contributed by atoms with Crippen LogP contribution in [0.2, 0.25) is 5.02 Å². The van der Waals surface area contributed by atoms with Gasteiger partial charge in [0.05, 0.1) is 10.7 Å². The van der Waals surface area contributed by atoms with Crippen molar-refractivity contribution in [3.8, 4) is 0 Å². The monoisotopic (exact) mass is 285 g/mol. The van der Waals surface area contributed by atoms with Crippen LogP contribution in [0.15, 0.2) is 36.4 Å². The first-order chi connectivity index (χ1) is 9.00. The summed E-state index contributed by atoms with van der Waals surface area (Å²) in [5, 5.41) is 1.87. The number of anilines is 1. The molecule has 6 heteroatoms. The highest BCUT2D eigenvalue weighted by atomic mass is 35.5. The van der Waals surface area contributed by atoms with Crippen molar-refractivity contribution >= 4 is 23.2 Å². The third-order valence-corrected chi connectivity index (χ3v) is 2.68. The SMILES string of the molecule is O=C(Nc1cccc(Cl)c1F)c1c(F)cccc1F. The van der Waals surface area contributed by atoms with Gasteiger partial charge in [-0.3, -0.25) is 4.79 Å². The fourth-order valence-electron chi connectivity index (χ4n) is 1.50. The van der Waals surface area contributed by atoms with E-state index in [-0.39, 0.29) is 10.7 Å². The predicted molar refractivity (Wildman–Crippen MR) is 65.7 cm³/mol. The van der Waals surface area contributed by atoms with Crippen LogP contribution in [0.25, 0.3) is 0 Å². The Morgan fingerprint density at radius 3 is 2.21 bits per heavy atom. The highest BCUT2D eigenvalue weighted by Gasteiger charge is 2.18. The number of halogens is 4. The topological polar surface area (TPSA) is 29.1 Å². The molecule has 0 unspecified atom stereocenters. The Balaban J connectivity index is 2.34. The first-order valence-corrected chi connectivity index (χ1v) is 5.58. The van der Waals surface area contributed by atoms with E-state index in [1.54, 1.807) is 0 Å². The van der Waals surface area contributed by atoms with Gasteiger partial charge in [-0.05, 0) is 24.3 Å². The van der Waals surface area contributed by atoms with E-state index >= 15 is 0 Å². The summed E-state index contributed by atoms with van der Waals surface area (Å²) in [4.78, 5) is 11.7. The largest absolute Gasteiger partial charge is 0.319 e. The van der Waals surface area contributed by atoms with E-state index in [4.69, 9.17) is 11.6 Å². The van der Waals surface area contributed by atoms with Gasteiger partial charge in [0.15, 0.2) is 5.82 Å². The zero-order valence-corrected chi connectivity index (χ0v) is 10.1. The summed E-state index contributed by atoms with van der Waals surface area (Å²) >= 11 is 5.53. The van der Waals surface area contributed by atoms with Crippen LogP contribution in [0, 0.1) is 17.5 Å². The molecule has 0 fully saturated rings. The second kappa shape index (κ2) is 5.32. The zero-order valence-electron chi connectivity index (χ0n) is 9.38. The lowest BCUT2D eigenvalue weighted by atomic mass is 10.1. The predicted octanol–water partition coefficient (Wildman–Crippen LogP) is 4.01. The average Bonchev–Trinajstić information content (AvgIpc) is 2.35. The number of hydrogen-bond donors (Lipinski definition) is 1. The molecule has 2 rings (SSSR count). The van der Waals surface area contributed by atoms with Crippen LogP contribution < -0.4 is 5.32 Å². The van der Waals surface area contributed by atoms with E-state index in [1.165, 1.54) is 18.2 Å². The Morgan fingerprint density at radius 1 is 1.00 bits per heavy atom. The lowest BCUT2D eigenvalue weighted by Gasteiger charge is -2.08. The van der Waals surface area contributed by atoms with Crippen molar-refractivity contribution < 1.29 is 18.0 Å². The number of benzene rings is 2. The Kier molecular flexibility index (Phi) is 3.76. The van der Waals surface area contributed by atoms with Gasteiger partial charge in [0.1, 0.15) is 17.2 Å². The summed E-state index contributed by atoms with van der Waals surface area (Å²) in [7, 11) is 0. The maximum atomic E-state index is 13.5. The van der Waals surface area contributed by atoms with Crippen molar-refractivity contribution in [1.29, 1.82) is 0 Å². The normalized spacial score (nSPS) is 10.3. The molecule has 1 amide bonds. The number of carbonyl (C=O) groups is 1. The van der Waals surface area contributed by atoms with Crippen LogP contribution in [-0.2, 0) is 0 Å². The molecule has 98 valence electrons. The molecule has 0 saturated carbocycles. The summed E-state index contributed by atoms with van der Waals surface area (Å²) < 4.78 is 40.3. The minimum atomic E-state index is -1.09. The van der Waals surface area contributed by atoms with Crippen molar-refractivity contribution in [3.05, 3.63) is 64.4 Å². The minimum absolute atomic E-state index is 0.202. The van der Waals surface area contributed by atoms with Crippen LogP contribution >= 0.6 is 11.6 Å². The van der Waals surface area contributed by atoms with E-state index in [0.29, 0.717) is 0 Å². The van der Waals surface area contributed by atoms with Gasteiger partial charge in [-0.25, -0.2) is 13.2 Å². The fourth-order valence-corrected chi connectivity index (χ4v) is 1.67. The molecule has 0 saturated heterocycles. The second-order valence-electron chi connectivity index (χ2n) is 3.65. The second-order valence-corrected chi connectivity index (χ2v) is 4.06. The van der Waals surface area contributed by atoms with Gasteiger partial charge in [0.25, 0.3) is 5.91 Å². The molecule has 0 bridgehead atoms. The maximum absolute atomic E-state index is 13.5. The first kappa shape index (κ1) is 13.4. The Bertz CT molecular complexity index is 626. The standard InChI is InChI=1S/C13H7ClF3NO/c14-7-3-1-6-10(12(7)17)18-13(19)11-8(15)4-2-5-9(11)16/h1-6H,(H,18,19). The van der Waals surface area contributed by atoms with Crippen LogP contribution in [0.3, 0.4) is 0 Å². The quantitative estimate of drug-likeness (QED) is 0.887. The van der Waals surface area contributed by atoms with E-state index < -0.39 is 28.9 Å². The number of nitrogens with one attached hydrogen (secondary N) is 1. The molecule has 0 atom stereocenters. The third-order valence-electron chi connectivity index (χ3n) is 2.39. The van der Waals surface area contributed by atoms with Gasteiger partial charge in [-0.15, -0.1) is 0 Å².